The molecular formula is C20H22FN3O2S. The Bertz CT molecular complexity index is 929. The summed E-state index contributed by atoms with van der Waals surface area (Å²) in [7, 11) is 1.85. The number of hydrogen-bond acceptors (Lipinski definition) is 4. The number of fused-ring (bicyclic) bond motifs is 1. The van der Waals surface area contributed by atoms with Crippen molar-refractivity contribution in [2.24, 2.45) is 5.92 Å². The number of carbonyl (C=O) groups is 1. The molecule has 5 nitrogen and oxygen atoms in total. The van der Waals surface area contributed by atoms with Gasteiger partial charge in [-0.2, -0.15) is 0 Å². The van der Waals surface area contributed by atoms with Crippen molar-refractivity contribution in [3.63, 3.8) is 0 Å². The predicted octanol–water partition coefficient (Wildman–Crippen LogP) is 4.09. The maximum Gasteiger partial charge on any atom is 0.271 e. The number of hydrogen-bond donors (Lipinski definition) is 0. The molecule has 0 spiro atoms. The minimum atomic E-state index is -0.276. The van der Waals surface area contributed by atoms with Crippen LogP contribution in [0, 0.1) is 11.7 Å². The third-order valence-electron chi connectivity index (χ3n) is 5.13. The van der Waals surface area contributed by atoms with Gasteiger partial charge in [-0.1, -0.05) is 0 Å². The largest absolute Gasteiger partial charge is 0.381 e. The van der Waals surface area contributed by atoms with Gasteiger partial charge < -0.3 is 9.64 Å². The van der Waals surface area contributed by atoms with Gasteiger partial charge in [0.2, 0.25) is 0 Å². The van der Waals surface area contributed by atoms with Crippen LogP contribution in [0.1, 0.15) is 29.8 Å². The lowest BCUT2D eigenvalue weighted by Crippen LogP contribution is -2.30. The van der Waals surface area contributed by atoms with Gasteiger partial charge >= 0.3 is 0 Å². The van der Waals surface area contributed by atoms with Crippen molar-refractivity contribution in [2.45, 2.75) is 19.3 Å². The van der Waals surface area contributed by atoms with E-state index < -0.39 is 0 Å². The summed E-state index contributed by atoms with van der Waals surface area (Å²) in [5.74, 6) is 0.355. The lowest BCUT2D eigenvalue weighted by atomic mass is 9.96. The number of nitrogens with zero attached hydrogens (tertiary/aromatic N) is 3. The molecular weight excluding hydrogens is 365 g/mol. The molecule has 1 aliphatic rings. The summed E-state index contributed by atoms with van der Waals surface area (Å²) >= 11 is 1.44. The van der Waals surface area contributed by atoms with E-state index in [1.807, 2.05) is 23.0 Å². The van der Waals surface area contributed by atoms with Crippen LogP contribution in [0.2, 0.25) is 0 Å². The highest BCUT2D eigenvalue weighted by Gasteiger charge is 2.20. The number of carbonyl (C=O) groups excluding carboxylic acids is 1. The summed E-state index contributed by atoms with van der Waals surface area (Å²) in [6, 6.07) is 6.23. The minimum Gasteiger partial charge on any atom is -0.381 e. The predicted molar refractivity (Wildman–Crippen MR) is 104 cm³/mol. The lowest BCUT2D eigenvalue weighted by Gasteiger charge is -2.24. The van der Waals surface area contributed by atoms with Crippen molar-refractivity contribution < 1.29 is 13.9 Å². The fourth-order valence-corrected chi connectivity index (χ4v) is 4.25. The van der Waals surface area contributed by atoms with Gasteiger partial charge in [-0.15, -0.1) is 11.3 Å². The second kappa shape index (κ2) is 7.78. The Hall–Kier alpha value is -2.25. The molecule has 0 N–H and O–H groups in total. The van der Waals surface area contributed by atoms with Gasteiger partial charge in [-0.25, -0.2) is 9.37 Å². The van der Waals surface area contributed by atoms with E-state index in [9.17, 15) is 9.18 Å². The number of halogens is 1. The molecule has 1 amide bonds. The highest BCUT2D eigenvalue weighted by molar-refractivity contribution is 7.15. The average molecular weight is 387 g/mol. The van der Waals surface area contributed by atoms with Crippen LogP contribution < -0.4 is 0 Å². The first-order valence-electron chi connectivity index (χ1n) is 9.17. The molecule has 1 aromatic carbocycles. The van der Waals surface area contributed by atoms with Crippen LogP contribution in [-0.4, -0.2) is 47.0 Å². The van der Waals surface area contributed by atoms with Gasteiger partial charge in [0.25, 0.3) is 5.91 Å². The fourth-order valence-electron chi connectivity index (χ4n) is 3.41. The number of thiazole rings is 1. The Labute approximate surface area is 161 Å². The number of rotatable bonds is 5. The summed E-state index contributed by atoms with van der Waals surface area (Å²) in [5, 5.41) is 1.85. The summed E-state index contributed by atoms with van der Waals surface area (Å²) in [4.78, 5) is 20.0. The number of amides is 1. The fraction of sp³-hybridized carbons (Fsp3) is 0.400. The van der Waals surface area contributed by atoms with Gasteiger partial charge in [-0.05, 0) is 49.4 Å². The Morgan fingerprint density at radius 2 is 2.07 bits per heavy atom. The van der Waals surface area contributed by atoms with Crippen LogP contribution in [0.3, 0.4) is 0 Å². The van der Waals surface area contributed by atoms with Crippen LogP contribution in [0.25, 0.3) is 16.2 Å². The van der Waals surface area contributed by atoms with Crippen LogP contribution in [0.15, 0.2) is 35.8 Å². The first kappa shape index (κ1) is 18.1. The first-order valence-corrected chi connectivity index (χ1v) is 10.1. The highest BCUT2D eigenvalue weighted by Crippen LogP contribution is 2.25. The van der Waals surface area contributed by atoms with E-state index in [0.717, 1.165) is 55.2 Å². The SMILES string of the molecule is CN(CCC1CCOCC1)C(=O)c1csc2nc(-c3ccc(F)cc3)cn12. The monoisotopic (exact) mass is 387 g/mol. The van der Waals surface area contributed by atoms with Gasteiger partial charge in [0.05, 0.1) is 5.69 Å². The van der Waals surface area contributed by atoms with Gasteiger partial charge in [-0.3, -0.25) is 9.20 Å². The number of imidazole rings is 1. The summed E-state index contributed by atoms with van der Waals surface area (Å²) in [6.07, 6.45) is 5.00. The molecule has 0 saturated carbocycles. The molecule has 1 aliphatic heterocycles. The van der Waals surface area contributed by atoms with Crippen molar-refractivity contribution in [3.05, 3.63) is 47.4 Å². The molecule has 0 radical (unpaired) electrons. The molecule has 4 rings (SSSR count). The molecule has 0 atom stereocenters. The van der Waals surface area contributed by atoms with Gasteiger partial charge in [0.15, 0.2) is 4.96 Å². The molecule has 1 fully saturated rings. The molecule has 0 bridgehead atoms. The highest BCUT2D eigenvalue weighted by atomic mass is 32.1. The topological polar surface area (TPSA) is 46.8 Å². The van der Waals surface area contributed by atoms with E-state index >= 15 is 0 Å². The minimum absolute atomic E-state index is 0.00337. The van der Waals surface area contributed by atoms with Crippen molar-refractivity contribution in [2.75, 3.05) is 26.8 Å². The zero-order valence-corrected chi connectivity index (χ0v) is 16.0. The molecule has 0 aliphatic carbocycles. The van der Waals surface area contributed by atoms with Crippen molar-refractivity contribution in [3.8, 4) is 11.3 Å². The Kier molecular flexibility index (Phi) is 5.22. The van der Waals surface area contributed by atoms with Crippen molar-refractivity contribution in [1.29, 1.82) is 0 Å². The summed E-state index contributed by atoms with van der Waals surface area (Å²) < 4.78 is 20.4. The number of benzene rings is 1. The Morgan fingerprint density at radius 1 is 1.33 bits per heavy atom. The van der Waals surface area contributed by atoms with Gasteiger partial charge in [0, 0.05) is 43.9 Å². The standard InChI is InChI=1S/C20H22FN3O2S/c1-23(9-6-14-7-10-26-11-8-14)19(25)18-13-27-20-22-17(12-24(18)20)15-2-4-16(21)5-3-15/h2-5,12-14H,6-11H2,1H3. The third kappa shape index (κ3) is 3.89. The molecule has 2 aromatic heterocycles. The number of aromatic nitrogens is 2. The van der Waals surface area contributed by atoms with Crippen molar-refractivity contribution >= 4 is 22.2 Å². The number of ether oxygens (including phenoxy) is 1. The van der Waals surface area contributed by atoms with Crippen LogP contribution in [0.4, 0.5) is 4.39 Å². The third-order valence-corrected chi connectivity index (χ3v) is 5.97. The summed E-state index contributed by atoms with van der Waals surface area (Å²) in [6.45, 7) is 2.39. The summed E-state index contributed by atoms with van der Waals surface area (Å²) in [5.41, 5.74) is 2.18. The zero-order chi connectivity index (χ0) is 18.8. The molecule has 0 unspecified atom stereocenters. The maximum atomic E-state index is 13.1. The zero-order valence-electron chi connectivity index (χ0n) is 15.2. The second-order valence-electron chi connectivity index (χ2n) is 6.98. The molecule has 142 valence electrons. The molecule has 1 saturated heterocycles. The van der Waals surface area contributed by atoms with E-state index in [4.69, 9.17) is 4.74 Å². The van der Waals surface area contributed by atoms with E-state index in [1.165, 1.54) is 23.5 Å². The molecule has 7 heteroatoms. The van der Waals surface area contributed by atoms with Crippen molar-refractivity contribution in [1.82, 2.24) is 14.3 Å². The average Bonchev–Trinajstić information content (AvgIpc) is 3.28. The Balaban J connectivity index is 1.48. The van der Waals surface area contributed by atoms with Crippen LogP contribution in [-0.2, 0) is 4.74 Å². The van der Waals surface area contributed by atoms with E-state index in [-0.39, 0.29) is 11.7 Å². The smallest absolute Gasteiger partial charge is 0.271 e. The second-order valence-corrected chi connectivity index (χ2v) is 7.81. The van der Waals surface area contributed by atoms with Gasteiger partial charge in [0.1, 0.15) is 11.5 Å². The lowest BCUT2D eigenvalue weighted by molar-refractivity contribution is 0.0582. The first-order chi connectivity index (χ1) is 13.1. The molecule has 3 aromatic rings. The van der Waals surface area contributed by atoms with Crippen LogP contribution >= 0.6 is 11.3 Å². The van der Waals surface area contributed by atoms with E-state index in [1.54, 1.807) is 17.0 Å². The maximum absolute atomic E-state index is 13.1. The molecule has 3 heterocycles. The van der Waals surface area contributed by atoms with E-state index in [0.29, 0.717) is 11.6 Å². The molecule has 27 heavy (non-hydrogen) atoms. The quantitative estimate of drug-likeness (QED) is 0.662. The van der Waals surface area contributed by atoms with Crippen LogP contribution in [0.5, 0.6) is 0 Å². The Morgan fingerprint density at radius 3 is 2.81 bits per heavy atom. The van der Waals surface area contributed by atoms with E-state index in [2.05, 4.69) is 4.98 Å². The normalized spacial score (nSPS) is 15.3.